The first-order valence-corrected chi connectivity index (χ1v) is 8.47. The number of benzene rings is 2. The van der Waals surface area contributed by atoms with Crippen LogP contribution in [0.3, 0.4) is 0 Å². The minimum atomic E-state index is -1.24. The Kier molecular flexibility index (Phi) is 5.86. The zero-order valence-electron chi connectivity index (χ0n) is 15.1. The van der Waals surface area contributed by atoms with Crippen LogP contribution in [0.2, 0.25) is 0 Å². The Morgan fingerprint density at radius 3 is 2.46 bits per heavy atom. The molecule has 1 amide bonds. The third kappa shape index (κ3) is 4.45. The minimum Gasteiger partial charge on any atom is -0.618 e. The normalized spacial score (nSPS) is 11.3. The molecule has 0 aliphatic heterocycles. The number of amides is 1. The predicted molar refractivity (Wildman–Crippen MR) is 102 cm³/mol. The molecule has 142 valence electrons. The van der Waals surface area contributed by atoms with E-state index in [0.29, 0.717) is 21.7 Å². The van der Waals surface area contributed by atoms with E-state index in [4.69, 9.17) is 9.47 Å². The first-order valence-electron chi connectivity index (χ1n) is 8.47. The first kappa shape index (κ1) is 18.9. The molecule has 28 heavy (non-hydrogen) atoms. The maximum Gasteiger partial charge on any atom is 0.406 e. The number of esters is 1. The second kappa shape index (κ2) is 8.68. The summed E-state index contributed by atoms with van der Waals surface area (Å²) in [5, 5.41) is 14.5. The number of ether oxygens (including phenoxy) is 2. The Labute approximate surface area is 161 Å². The minimum absolute atomic E-state index is 0.211. The van der Waals surface area contributed by atoms with Crippen LogP contribution in [0.5, 0.6) is 5.75 Å². The van der Waals surface area contributed by atoms with Gasteiger partial charge in [0.2, 0.25) is 6.10 Å². The summed E-state index contributed by atoms with van der Waals surface area (Å²) >= 11 is 0. The van der Waals surface area contributed by atoms with Crippen molar-refractivity contribution in [2.45, 2.75) is 6.10 Å². The van der Waals surface area contributed by atoms with Crippen LogP contribution in [-0.2, 0) is 9.53 Å². The predicted octanol–water partition coefficient (Wildman–Crippen LogP) is 2.87. The van der Waals surface area contributed by atoms with Gasteiger partial charge in [0.1, 0.15) is 5.75 Å². The van der Waals surface area contributed by atoms with E-state index in [0.717, 1.165) is 0 Å². The van der Waals surface area contributed by atoms with Crippen LogP contribution in [0.4, 0.5) is 5.69 Å². The zero-order chi connectivity index (χ0) is 19.9. The molecule has 3 rings (SSSR count). The van der Waals surface area contributed by atoms with Crippen LogP contribution >= 0.6 is 0 Å². The molecule has 1 N–H and O–H groups in total. The number of anilines is 1. The van der Waals surface area contributed by atoms with E-state index in [2.05, 4.69) is 5.32 Å². The van der Waals surface area contributed by atoms with E-state index in [1.807, 2.05) is 0 Å². The third-order valence-electron chi connectivity index (χ3n) is 3.94. The van der Waals surface area contributed by atoms with Gasteiger partial charge in [-0.25, -0.2) is 4.79 Å². The van der Waals surface area contributed by atoms with Gasteiger partial charge >= 0.3 is 11.7 Å². The van der Waals surface area contributed by atoms with E-state index >= 15 is 0 Å². The fraction of sp³-hybridized carbons (Fsp3) is 0.0952. The highest BCUT2D eigenvalue weighted by Gasteiger charge is 2.28. The van der Waals surface area contributed by atoms with E-state index < -0.39 is 18.0 Å². The van der Waals surface area contributed by atoms with Crippen molar-refractivity contribution in [3.05, 3.63) is 95.5 Å². The van der Waals surface area contributed by atoms with Crippen LogP contribution in [0.15, 0.2) is 79.0 Å². The van der Waals surface area contributed by atoms with Crippen molar-refractivity contribution in [3.8, 4) is 5.75 Å². The van der Waals surface area contributed by atoms with Crippen molar-refractivity contribution >= 4 is 17.6 Å². The van der Waals surface area contributed by atoms with Crippen LogP contribution in [0.25, 0.3) is 0 Å². The van der Waals surface area contributed by atoms with Gasteiger partial charge < -0.3 is 20.0 Å². The molecular weight excluding hydrogens is 360 g/mol. The summed E-state index contributed by atoms with van der Waals surface area (Å²) in [6, 6.07) is 19.7. The summed E-state index contributed by atoms with van der Waals surface area (Å²) < 4.78 is 10.9. The smallest absolute Gasteiger partial charge is 0.406 e. The molecule has 0 fully saturated rings. The summed E-state index contributed by atoms with van der Waals surface area (Å²) in [6.07, 6.45) is -0.0511. The number of rotatable bonds is 6. The molecule has 0 saturated heterocycles. The largest absolute Gasteiger partial charge is 0.618 e. The molecule has 2 aromatic carbocycles. The molecule has 0 spiro atoms. The van der Waals surface area contributed by atoms with E-state index in [1.165, 1.54) is 25.4 Å². The van der Waals surface area contributed by atoms with Crippen molar-refractivity contribution in [1.29, 1.82) is 0 Å². The molecule has 7 heteroatoms. The molecule has 0 radical (unpaired) electrons. The lowest BCUT2D eigenvalue weighted by molar-refractivity contribution is -0.608. The zero-order valence-corrected chi connectivity index (χ0v) is 15.1. The van der Waals surface area contributed by atoms with E-state index in [1.54, 1.807) is 60.7 Å². The molecule has 0 saturated carbocycles. The average molecular weight is 378 g/mol. The van der Waals surface area contributed by atoms with Crippen molar-refractivity contribution in [2.75, 3.05) is 12.4 Å². The maximum absolute atomic E-state index is 12.9. The second-order valence-electron chi connectivity index (χ2n) is 5.83. The highest BCUT2D eigenvalue weighted by atomic mass is 16.6. The number of nitrogens with zero attached hydrogens (tertiary/aromatic N) is 1. The molecule has 0 bridgehead atoms. The van der Waals surface area contributed by atoms with Gasteiger partial charge in [-0.15, -0.1) is 0 Å². The summed E-state index contributed by atoms with van der Waals surface area (Å²) in [6.45, 7) is 0. The number of hydrogen-bond acceptors (Lipinski definition) is 5. The standard InChI is InChI=1S/C21H18N2O5/c1-27-17-11-7-10-16(14-17)22-20(24)19(15-8-3-2-4-9-15)28-21(25)18-12-5-6-13-23(18)26/h2-14,19H,1H3,(H,22,24)/t19-/m0/s1. The molecular formula is C21H18N2O5. The van der Waals surface area contributed by atoms with Gasteiger partial charge in [0.05, 0.1) is 7.11 Å². The lowest BCUT2D eigenvalue weighted by Crippen LogP contribution is -2.36. The number of nitrogens with one attached hydrogen (secondary N) is 1. The van der Waals surface area contributed by atoms with Crippen molar-refractivity contribution in [3.63, 3.8) is 0 Å². The number of aromatic nitrogens is 1. The Hall–Kier alpha value is -3.87. The highest BCUT2D eigenvalue weighted by Crippen LogP contribution is 2.23. The Morgan fingerprint density at radius 1 is 1.00 bits per heavy atom. The first-order chi connectivity index (χ1) is 13.6. The number of carbonyl (C=O) groups excluding carboxylic acids is 2. The number of carbonyl (C=O) groups is 2. The monoisotopic (exact) mass is 378 g/mol. The van der Waals surface area contributed by atoms with Gasteiger partial charge in [-0.3, -0.25) is 4.79 Å². The van der Waals surface area contributed by atoms with Crippen molar-refractivity contribution in [2.24, 2.45) is 0 Å². The SMILES string of the molecule is COc1cccc(NC(=O)[C@@H](OC(=O)c2cccc[n+]2[O-])c2ccccc2)c1. The summed E-state index contributed by atoms with van der Waals surface area (Å²) in [4.78, 5) is 25.3. The Balaban J connectivity index is 1.86. The lowest BCUT2D eigenvalue weighted by Gasteiger charge is -2.18. The number of methoxy groups -OCH3 is 1. The van der Waals surface area contributed by atoms with E-state index in [-0.39, 0.29) is 5.69 Å². The van der Waals surface area contributed by atoms with Gasteiger partial charge in [0.15, 0.2) is 6.20 Å². The van der Waals surface area contributed by atoms with Gasteiger partial charge in [-0.05, 0) is 18.2 Å². The number of pyridine rings is 1. The van der Waals surface area contributed by atoms with Crippen LogP contribution in [0.1, 0.15) is 22.2 Å². The second-order valence-corrected chi connectivity index (χ2v) is 5.83. The molecule has 0 aliphatic rings. The van der Waals surface area contributed by atoms with Crippen molar-refractivity contribution in [1.82, 2.24) is 0 Å². The molecule has 3 aromatic rings. The van der Waals surface area contributed by atoms with Gasteiger partial charge in [0.25, 0.3) is 5.91 Å². The van der Waals surface area contributed by atoms with Gasteiger partial charge in [-0.2, -0.15) is 4.73 Å². The average Bonchev–Trinajstić information content (AvgIpc) is 2.73. The van der Waals surface area contributed by atoms with E-state index in [9.17, 15) is 14.8 Å². The molecule has 1 atom stereocenters. The molecule has 1 heterocycles. The van der Waals surface area contributed by atoms with Gasteiger partial charge in [0, 0.05) is 29.4 Å². The summed E-state index contributed by atoms with van der Waals surface area (Å²) in [5.41, 5.74) is 0.752. The fourth-order valence-electron chi connectivity index (χ4n) is 2.56. The summed E-state index contributed by atoms with van der Waals surface area (Å²) in [7, 11) is 1.52. The topological polar surface area (TPSA) is 91.6 Å². The lowest BCUT2D eigenvalue weighted by atomic mass is 10.1. The summed E-state index contributed by atoms with van der Waals surface area (Å²) in [5.74, 6) is -0.880. The van der Waals surface area contributed by atoms with Crippen LogP contribution in [0, 0.1) is 5.21 Å². The fourth-order valence-corrected chi connectivity index (χ4v) is 2.56. The van der Waals surface area contributed by atoms with Crippen LogP contribution in [-0.4, -0.2) is 19.0 Å². The number of hydrogen-bond donors (Lipinski definition) is 1. The highest BCUT2D eigenvalue weighted by molar-refractivity contribution is 5.97. The molecule has 0 aliphatic carbocycles. The Morgan fingerprint density at radius 2 is 1.75 bits per heavy atom. The Bertz CT molecular complexity index is 975. The maximum atomic E-state index is 12.9. The van der Waals surface area contributed by atoms with Gasteiger partial charge in [-0.1, -0.05) is 36.4 Å². The van der Waals surface area contributed by atoms with Crippen molar-refractivity contribution < 1.29 is 23.8 Å². The molecule has 7 nitrogen and oxygen atoms in total. The quantitative estimate of drug-likeness (QED) is 0.405. The molecule has 0 unspecified atom stereocenters. The third-order valence-corrected chi connectivity index (χ3v) is 3.94. The molecule has 1 aromatic heterocycles. The van der Waals surface area contributed by atoms with Crippen LogP contribution < -0.4 is 14.8 Å².